The number of aliphatic carboxylic acids is 1. The number of nitrogens with one attached hydrogen (secondary N) is 1. The molecule has 24 heavy (non-hydrogen) atoms. The smallest absolute Gasteiger partial charge is 0.309 e. The zero-order valence-corrected chi connectivity index (χ0v) is 16.1. The van der Waals surface area contributed by atoms with Gasteiger partial charge < -0.3 is 5.11 Å². The normalized spacial score (nSPS) is 12.1. The van der Waals surface area contributed by atoms with Crippen LogP contribution in [0.4, 0.5) is 5.13 Å². The van der Waals surface area contributed by atoms with Gasteiger partial charge in [-0.1, -0.05) is 15.9 Å². The minimum Gasteiger partial charge on any atom is -0.481 e. The summed E-state index contributed by atoms with van der Waals surface area (Å²) in [6.45, 7) is 0. The summed E-state index contributed by atoms with van der Waals surface area (Å²) in [5, 5.41) is 10.1. The first-order valence-electron chi connectivity index (χ1n) is 6.17. The van der Waals surface area contributed by atoms with Crippen LogP contribution in [0.5, 0.6) is 0 Å². The largest absolute Gasteiger partial charge is 0.481 e. The molecule has 0 saturated carbocycles. The van der Waals surface area contributed by atoms with Crippen molar-refractivity contribution >= 4 is 58.2 Å². The first-order valence-corrected chi connectivity index (χ1v) is 11.2. The van der Waals surface area contributed by atoms with Crippen molar-refractivity contribution in [1.82, 2.24) is 4.98 Å². The molecule has 0 unspecified atom stereocenters. The van der Waals surface area contributed by atoms with E-state index in [9.17, 15) is 21.6 Å². The quantitative estimate of drug-likeness (QED) is 0.679. The number of carboxylic acids is 1. The van der Waals surface area contributed by atoms with E-state index >= 15 is 0 Å². The standard InChI is InChI=1S/C12H11BrN2O6S3/c1-23(18,19)10-4-7(13)2-3-9(10)24(20,21)15-12-14-8(6-22-12)5-11(16)17/h2-4,6H,5H2,1H3,(H,14,15)(H,16,17). The van der Waals surface area contributed by atoms with Crippen molar-refractivity contribution in [2.24, 2.45) is 0 Å². The van der Waals surface area contributed by atoms with E-state index in [0.29, 0.717) is 4.47 Å². The molecule has 0 aliphatic rings. The molecule has 1 aromatic heterocycles. The van der Waals surface area contributed by atoms with Gasteiger partial charge in [-0.05, 0) is 18.2 Å². The number of benzene rings is 1. The van der Waals surface area contributed by atoms with Crippen molar-refractivity contribution in [1.29, 1.82) is 0 Å². The number of aromatic nitrogens is 1. The summed E-state index contributed by atoms with van der Waals surface area (Å²) < 4.78 is 51.2. The van der Waals surface area contributed by atoms with E-state index in [0.717, 1.165) is 23.7 Å². The fraction of sp³-hybridized carbons (Fsp3) is 0.167. The van der Waals surface area contributed by atoms with Crippen LogP contribution < -0.4 is 4.72 Å². The highest BCUT2D eigenvalue weighted by atomic mass is 79.9. The highest BCUT2D eigenvalue weighted by molar-refractivity contribution is 9.10. The van der Waals surface area contributed by atoms with E-state index in [4.69, 9.17) is 5.11 Å². The van der Waals surface area contributed by atoms with Gasteiger partial charge in [0.25, 0.3) is 10.0 Å². The monoisotopic (exact) mass is 454 g/mol. The number of carboxylic acid groups (broad SMARTS) is 1. The summed E-state index contributed by atoms with van der Waals surface area (Å²) in [5.41, 5.74) is 0.198. The molecule has 2 aromatic rings. The number of thiazole rings is 1. The van der Waals surface area contributed by atoms with Gasteiger partial charge in [0.05, 0.1) is 17.0 Å². The number of rotatable bonds is 6. The summed E-state index contributed by atoms with van der Waals surface area (Å²) in [6.07, 6.45) is 0.563. The van der Waals surface area contributed by atoms with Crippen molar-refractivity contribution in [2.75, 3.05) is 11.0 Å². The summed E-state index contributed by atoms with van der Waals surface area (Å²) in [4.78, 5) is 13.7. The predicted molar refractivity (Wildman–Crippen MR) is 91.5 cm³/mol. The number of halogens is 1. The van der Waals surface area contributed by atoms with Gasteiger partial charge in [0.15, 0.2) is 15.0 Å². The number of hydrogen-bond donors (Lipinski definition) is 2. The Morgan fingerprint density at radius 2 is 1.96 bits per heavy atom. The maximum Gasteiger partial charge on any atom is 0.309 e. The Hall–Kier alpha value is -1.50. The summed E-state index contributed by atoms with van der Waals surface area (Å²) in [7, 11) is -7.99. The number of hydrogen-bond acceptors (Lipinski definition) is 7. The second kappa shape index (κ2) is 6.78. The molecular formula is C12H11BrN2O6S3. The maximum atomic E-state index is 12.5. The van der Waals surface area contributed by atoms with Gasteiger partial charge >= 0.3 is 5.97 Å². The van der Waals surface area contributed by atoms with Gasteiger partial charge in [0.2, 0.25) is 0 Å². The molecule has 2 rings (SSSR count). The topological polar surface area (TPSA) is 130 Å². The van der Waals surface area contributed by atoms with Crippen molar-refractivity contribution in [2.45, 2.75) is 16.2 Å². The van der Waals surface area contributed by atoms with Gasteiger partial charge in [-0.15, -0.1) is 11.3 Å². The average molecular weight is 455 g/mol. The molecule has 0 spiro atoms. The number of carbonyl (C=O) groups is 1. The van der Waals surface area contributed by atoms with E-state index in [1.807, 2.05) is 0 Å². The molecule has 0 amide bonds. The van der Waals surface area contributed by atoms with Crippen LogP contribution in [0.15, 0.2) is 37.8 Å². The summed E-state index contributed by atoms with van der Waals surface area (Å²) in [6, 6.07) is 3.76. The van der Waals surface area contributed by atoms with E-state index in [1.54, 1.807) is 0 Å². The minimum absolute atomic E-state index is 0.0476. The Balaban J connectivity index is 2.41. The van der Waals surface area contributed by atoms with Crippen molar-refractivity contribution in [3.05, 3.63) is 33.7 Å². The third-order valence-corrected chi connectivity index (χ3v) is 6.79. The Morgan fingerprint density at radius 1 is 1.29 bits per heavy atom. The van der Waals surface area contributed by atoms with Crippen LogP contribution in [-0.4, -0.2) is 39.2 Å². The number of nitrogens with zero attached hydrogens (tertiary/aromatic N) is 1. The number of sulfone groups is 1. The van der Waals surface area contributed by atoms with E-state index in [2.05, 4.69) is 25.6 Å². The van der Waals surface area contributed by atoms with Gasteiger partial charge in [-0.25, -0.2) is 21.8 Å². The molecule has 130 valence electrons. The Kier molecular flexibility index (Phi) is 5.32. The van der Waals surface area contributed by atoms with E-state index in [-0.39, 0.29) is 22.1 Å². The summed E-state index contributed by atoms with van der Waals surface area (Å²) >= 11 is 4.01. The molecule has 1 aromatic carbocycles. The van der Waals surface area contributed by atoms with Crippen LogP contribution in [0.2, 0.25) is 0 Å². The Morgan fingerprint density at radius 3 is 2.54 bits per heavy atom. The second-order valence-electron chi connectivity index (χ2n) is 4.68. The molecular weight excluding hydrogens is 444 g/mol. The number of sulfonamides is 1. The molecule has 0 fully saturated rings. The molecule has 0 atom stereocenters. The zero-order valence-electron chi connectivity index (χ0n) is 12.1. The molecule has 0 saturated heterocycles. The lowest BCUT2D eigenvalue weighted by molar-refractivity contribution is -0.136. The van der Waals surface area contributed by atoms with Crippen LogP contribution in [0.1, 0.15) is 5.69 Å². The fourth-order valence-corrected chi connectivity index (χ4v) is 5.86. The average Bonchev–Trinajstić information content (AvgIpc) is 2.82. The number of anilines is 1. The van der Waals surface area contributed by atoms with Crippen molar-refractivity contribution < 1.29 is 26.7 Å². The Bertz CT molecular complexity index is 998. The lowest BCUT2D eigenvalue weighted by atomic mass is 10.3. The van der Waals surface area contributed by atoms with Crippen molar-refractivity contribution in [3.8, 4) is 0 Å². The van der Waals surface area contributed by atoms with Gasteiger partial charge in [0, 0.05) is 16.1 Å². The molecule has 0 aliphatic carbocycles. The minimum atomic E-state index is -4.21. The maximum absolute atomic E-state index is 12.5. The van der Waals surface area contributed by atoms with E-state index in [1.165, 1.54) is 17.5 Å². The predicted octanol–water partition coefficient (Wildman–Crippen LogP) is 1.74. The van der Waals surface area contributed by atoms with E-state index < -0.39 is 30.7 Å². The molecule has 1 heterocycles. The fourth-order valence-electron chi connectivity index (χ4n) is 1.75. The van der Waals surface area contributed by atoms with Crippen LogP contribution in [-0.2, 0) is 31.1 Å². The zero-order chi connectivity index (χ0) is 18.1. The lowest BCUT2D eigenvalue weighted by Gasteiger charge is -2.10. The lowest BCUT2D eigenvalue weighted by Crippen LogP contribution is -2.16. The molecule has 12 heteroatoms. The molecule has 0 bridgehead atoms. The SMILES string of the molecule is CS(=O)(=O)c1cc(Br)ccc1S(=O)(=O)Nc1nc(CC(=O)O)cs1. The Labute approximate surface area is 150 Å². The molecule has 8 nitrogen and oxygen atoms in total. The van der Waals surface area contributed by atoms with Gasteiger partial charge in [0.1, 0.15) is 4.90 Å². The summed E-state index contributed by atoms with van der Waals surface area (Å²) in [5.74, 6) is -1.10. The molecule has 0 aliphatic heterocycles. The van der Waals surface area contributed by atoms with Crippen LogP contribution in [0.25, 0.3) is 0 Å². The third kappa shape index (κ3) is 4.53. The highest BCUT2D eigenvalue weighted by Gasteiger charge is 2.25. The second-order valence-corrected chi connectivity index (χ2v) is 10.1. The van der Waals surface area contributed by atoms with Crippen LogP contribution >= 0.6 is 27.3 Å². The van der Waals surface area contributed by atoms with Crippen molar-refractivity contribution in [3.63, 3.8) is 0 Å². The molecule has 2 N–H and O–H groups in total. The first-order chi connectivity index (χ1) is 11.0. The van der Waals surface area contributed by atoms with Gasteiger partial charge in [-0.2, -0.15) is 0 Å². The molecule has 0 radical (unpaired) electrons. The highest BCUT2D eigenvalue weighted by Crippen LogP contribution is 2.27. The van der Waals surface area contributed by atoms with Gasteiger partial charge in [-0.3, -0.25) is 9.52 Å². The van der Waals surface area contributed by atoms with Crippen LogP contribution in [0.3, 0.4) is 0 Å². The third-order valence-electron chi connectivity index (χ3n) is 2.70. The first kappa shape index (κ1) is 18.8. The van der Waals surface area contributed by atoms with Crippen LogP contribution in [0, 0.1) is 0 Å².